The van der Waals surface area contributed by atoms with Crippen LogP contribution < -0.4 is 9.50 Å². The summed E-state index contributed by atoms with van der Waals surface area (Å²) in [5.41, 5.74) is 1.49. The Balaban J connectivity index is 1.47. The monoisotopic (exact) mass is 436 g/mol. The van der Waals surface area contributed by atoms with E-state index in [-0.39, 0.29) is 16.6 Å². The van der Waals surface area contributed by atoms with Crippen LogP contribution in [0.5, 0.6) is 5.75 Å². The molecule has 0 unspecified atom stereocenters. The SMILES string of the molecule is O=C1NC(=Nc2ccccc2)SC1=Cc1ccc(OS(=O)(=O)c2ccccc2)cc1. The van der Waals surface area contributed by atoms with Crippen LogP contribution in [0.2, 0.25) is 0 Å². The summed E-state index contributed by atoms with van der Waals surface area (Å²) >= 11 is 1.24. The summed E-state index contributed by atoms with van der Waals surface area (Å²) in [6.45, 7) is 0. The molecule has 3 aromatic rings. The quantitative estimate of drug-likeness (QED) is 0.475. The zero-order valence-electron chi connectivity index (χ0n) is 15.6. The van der Waals surface area contributed by atoms with E-state index < -0.39 is 10.1 Å². The van der Waals surface area contributed by atoms with Crippen LogP contribution in [0.4, 0.5) is 5.69 Å². The highest BCUT2D eigenvalue weighted by Crippen LogP contribution is 2.28. The molecule has 1 saturated heterocycles. The fourth-order valence-electron chi connectivity index (χ4n) is 2.63. The highest BCUT2D eigenvalue weighted by atomic mass is 32.2. The number of carbonyl (C=O) groups excluding carboxylic acids is 1. The van der Waals surface area contributed by atoms with Gasteiger partial charge in [0.25, 0.3) is 5.91 Å². The minimum Gasteiger partial charge on any atom is -0.379 e. The van der Waals surface area contributed by atoms with E-state index in [0.717, 1.165) is 11.3 Å². The largest absolute Gasteiger partial charge is 0.379 e. The van der Waals surface area contributed by atoms with Crippen LogP contribution in [-0.4, -0.2) is 19.5 Å². The van der Waals surface area contributed by atoms with Crippen molar-refractivity contribution < 1.29 is 17.4 Å². The molecule has 150 valence electrons. The molecule has 1 N–H and O–H groups in total. The Morgan fingerprint density at radius 1 is 0.867 bits per heavy atom. The lowest BCUT2D eigenvalue weighted by atomic mass is 10.2. The maximum Gasteiger partial charge on any atom is 0.339 e. The first-order valence-corrected chi connectivity index (χ1v) is 11.2. The molecular weight excluding hydrogens is 420 g/mol. The van der Waals surface area contributed by atoms with Gasteiger partial charge in [0, 0.05) is 0 Å². The molecule has 1 amide bonds. The molecule has 0 bridgehead atoms. The van der Waals surface area contributed by atoms with Crippen molar-refractivity contribution in [2.45, 2.75) is 4.90 Å². The lowest BCUT2D eigenvalue weighted by molar-refractivity contribution is -0.115. The molecule has 6 nitrogen and oxygen atoms in total. The molecule has 0 saturated carbocycles. The van der Waals surface area contributed by atoms with Crippen molar-refractivity contribution in [3.63, 3.8) is 0 Å². The molecule has 3 aromatic carbocycles. The second kappa shape index (κ2) is 8.56. The fraction of sp³-hybridized carbons (Fsp3) is 0. The molecule has 4 rings (SSSR count). The number of rotatable bonds is 5. The van der Waals surface area contributed by atoms with Crippen LogP contribution in [0.25, 0.3) is 6.08 Å². The van der Waals surface area contributed by atoms with Crippen LogP contribution in [0.15, 0.2) is 99.7 Å². The molecule has 1 aliphatic heterocycles. The molecule has 8 heteroatoms. The van der Waals surface area contributed by atoms with Crippen LogP contribution in [0.1, 0.15) is 5.56 Å². The van der Waals surface area contributed by atoms with E-state index in [1.165, 1.54) is 23.9 Å². The number of carbonyl (C=O) groups is 1. The van der Waals surface area contributed by atoms with E-state index in [0.29, 0.717) is 10.1 Å². The first-order valence-electron chi connectivity index (χ1n) is 8.94. The predicted molar refractivity (Wildman–Crippen MR) is 118 cm³/mol. The Hall–Kier alpha value is -3.36. The fourth-order valence-corrected chi connectivity index (χ4v) is 4.43. The standard InChI is InChI=1S/C22H16N2O4S2/c25-21-20(29-22(24-21)23-17-7-3-1-4-8-17)15-16-11-13-18(14-12-16)28-30(26,27)19-9-5-2-6-10-19/h1-15H,(H,23,24,25). The number of hydrogen-bond acceptors (Lipinski definition) is 6. The second-order valence-corrected chi connectivity index (χ2v) is 8.81. The van der Waals surface area contributed by atoms with Gasteiger partial charge in [-0.1, -0.05) is 48.5 Å². The zero-order valence-corrected chi connectivity index (χ0v) is 17.2. The van der Waals surface area contributed by atoms with E-state index in [4.69, 9.17) is 4.18 Å². The van der Waals surface area contributed by atoms with Crippen molar-refractivity contribution in [2.24, 2.45) is 4.99 Å². The van der Waals surface area contributed by atoms with Gasteiger partial charge in [0.05, 0.1) is 10.6 Å². The summed E-state index contributed by atoms with van der Waals surface area (Å²) < 4.78 is 29.7. The zero-order chi connectivity index (χ0) is 21.0. The Morgan fingerprint density at radius 2 is 1.50 bits per heavy atom. The maximum absolute atomic E-state index is 12.3. The number of benzene rings is 3. The summed E-state index contributed by atoms with van der Waals surface area (Å²) in [6.07, 6.45) is 1.71. The van der Waals surface area contributed by atoms with Crippen molar-refractivity contribution >= 4 is 44.7 Å². The van der Waals surface area contributed by atoms with E-state index in [9.17, 15) is 13.2 Å². The van der Waals surface area contributed by atoms with Crippen molar-refractivity contribution in [2.75, 3.05) is 0 Å². The summed E-state index contributed by atoms with van der Waals surface area (Å²) in [6, 6.07) is 23.7. The number of nitrogens with zero attached hydrogens (tertiary/aromatic N) is 1. The van der Waals surface area contributed by atoms with Gasteiger partial charge in [0.2, 0.25) is 0 Å². The Kier molecular flexibility index (Phi) is 5.69. The van der Waals surface area contributed by atoms with Crippen molar-refractivity contribution in [1.82, 2.24) is 5.32 Å². The van der Waals surface area contributed by atoms with Crippen LogP contribution in [0, 0.1) is 0 Å². The number of hydrogen-bond donors (Lipinski definition) is 1. The Bertz CT molecular complexity index is 1220. The van der Waals surface area contributed by atoms with Gasteiger partial charge < -0.3 is 9.50 Å². The number of amides is 1. The normalized spacial score (nSPS) is 16.6. The first-order chi connectivity index (χ1) is 14.5. The lowest BCUT2D eigenvalue weighted by Gasteiger charge is -2.07. The van der Waals surface area contributed by atoms with E-state index in [1.54, 1.807) is 48.5 Å². The molecule has 30 heavy (non-hydrogen) atoms. The van der Waals surface area contributed by atoms with Gasteiger partial charge in [-0.2, -0.15) is 8.42 Å². The number of para-hydroxylation sites is 1. The summed E-state index contributed by atoms with van der Waals surface area (Å²) in [7, 11) is -3.89. The minimum absolute atomic E-state index is 0.0838. The van der Waals surface area contributed by atoms with Gasteiger partial charge in [0.15, 0.2) is 5.17 Å². The van der Waals surface area contributed by atoms with Crippen molar-refractivity contribution in [3.05, 3.63) is 95.4 Å². The highest BCUT2D eigenvalue weighted by molar-refractivity contribution is 8.18. The Labute approximate surface area is 178 Å². The lowest BCUT2D eigenvalue weighted by Crippen LogP contribution is -2.19. The van der Waals surface area contributed by atoms with Crippen LogP contribution in [-0.2, 0) is 14.9 Å². The number of amidine groups is 1. The third-order valence-corrected chi connectivity index (χ3v) is 6.22. The topological polar surface area (TPSA) is 84.8 Å². The molecule has 0 aliphatic carbocycles. The van der Waals surface area contributed by atoms with Crippen LogP contribution >= 0.6 is 11.8 Å². The summed E-state index contributed by atoms with van der Waals surface area (Å²) in [5.74, 6) is -0.0440. The smallest absolute Gasteiger partial charge is 0.339 e. The molecular formula is C22H16N2O4S2. The molecule has 0 aromatic heterocycles. The maximum atomic E-state index is 12.3. The Morgan fingerprint density at radius 3 is 2.17 bits per heavy atom. The first kappa shape index (κ1) is 19.9. The summed E-state index contributed by atoms with van der Waals surface area (Å²) in [4.78, 5) is 17.2. The molecule has 1 heterocycles. The van der Waals surface area contributed by atoms with Gasteiger partial charge >= 0.3 is 10.1 Å². The van der Waals surface area contributed by atoms with E-state index >= 15 is 0 Å². The van der Waals surface area contributed by atoms with Crippen molar-refractivity contribution in [3.8, 4) is 5.75 Å². The third kappa shape index (κ3) is 4.79. The van der Waals surface area contributed by atoms with Gasteiger partial charge in [-0.15, -0.1) is 0 Å². The summed E-state index contributed by atoms with van der Waals surface area (Å²) in [5, 5.41) is 3.24. The van der Waals surface area contributed by atoms with Crippen molar-refractivity contribution in [1.29, 1.82) is 0 Å². The number of nitrogens with one attached hydrogen (secondary N) is 1. The predicted octanol–water partition coefficient (Wildman–Crippen LogP) is 4.35. The van der Waals surface area contributed by atoms with Gasteiger partial charge in [-0.25, -0.2) is 4.99 Å². The molecule has 0 spiro atoms. The minimum atomic E-state index is -3.89. The van der Waals surface area contributed by atoms with Gasteiger partial charge in [-0.3, -0.25) is 4.79 Å². The van der Waals surface area contributed by atoms with Crippen LogP contribution in [0.3, 0.4) is 0 Å². The third-order valence-electron chi connectivity index (χ3n) is 4.05. The second-order valence-electron chi connectivity index (χ2n) is 6.24. The van der Waals surface area contributed by atoms with Gasteiger partial charge in [-0.05, 0) is 59.8 Å². The molecule has 0 atom stereocenters. The van der Waals surface area contributed by atoms with E-state index in [1.807, 2.05) is 30.3 Å². The average molecular weight is 437 g/mol. The van der Waals surface area contributed by atoms with Gasteiger partial charge in [0.1, 0.15) is 10.6 Å². The highest BCUT2D eigenvalue weighted by Gasteiger charge is 2.23. The average Bonchev–Trinajstić information content (AvgIpc) is 3.09. The molecule has 1 aliphatic rings. The molecule has 0 radical (unpaired) electrons. The number of aliphatic imine (C=N–C) groups is 1. The number of thioether (sulfide) groups is 1. The van der Waals surface area contributed by atoms with E-state index in [2.05, 4.69) is 10.3 Å². The molecule has 1 fully saturated rings.